The number of amides is 2. The minimum absolute atomic E-state index is 0.0417. The van der Waals surface area contributed by atoms with E-state index < -0.39 is 6.04 Å². The van der Waals surface area contributed by atoms with Crippen LogP contribution in [0.25, 0.3) is 0 Å². The van der Waals surface area contributed by atoms with E-state index in [4.69, 9.17) is 4.74 Å². The molecule has 1 unspecified atom stereocenters. The number of hydrogen-bond acceptors (Lipinski definition) is 3. The predicted octanol–water partition coefficient (Wildman–Crippen LogP) is 2.50. The maximum atomic E-state index is 12.4. The number of nitrogens with one attached hydrogen (secondary N) is 2. The van der Waals surface area contributed by atoms with Gasteiger partial charge in [0.05, 0.1) is 0 Å². The molecule has 1 fully saturated rings. The third kappa shape index (κ3) is 7.34. The van der Waals surface area contributed by atoms with Crippen LogP contribution in [-0.2, 0) is 14.3 Å². The zero-order chi connectivity index (χ0) is 17.2. The molecule has 0 heterocycles. The van der Waals surface area contributed by atoms with E-state index in [-0.39, 0.29) is 23.7 Å². The van der Waals surface area contributed by atoms with Crippen LogP contribution in [0.5, 0.6) is 0 Å². The summed E-state index contributed by atoms with van der Waals surface area (Å²) in [6.45, 7) is 10.0. The van der Waals surface area contributed by atoms with Gasteiger partial charge in [-0.05, 0) is 50.9 Å². The monoisotopic (exact) mass is 326 g/mol. The van der Waals surface area contributed by atoms with E-state index in [1.807, 2.05) is 20.8 Å². The van der Waals surface area contributed by atoms with Crippen LogP contribution in [0.1, 0.15) is 59.8 Å². The molecular formula is C18H34N2O3. The van der Waals surface area contributed by atoms with Crippen LogP contribution in [-0.4, -0.2) is 37.6 Å². The van der Waals surface area contributed by atoms with Gasteiger partial charge in [0.1, 0.15) is 6.04 Å². The summed E-state index contributed by atoms with van der Waals surface area (Å²) in [5, 5.41) is 5.88. The standard InChI is InChI=1S/C18H34N2O3/c1-5-23-12-6-11-19-18(22)16(13(2)3)20-17(21)15-9-7-14(4)8-10-15/h13-16H,5-12H2,1-4H3,(H,19,22)(H,20,21). The molecular weight excluding hydrogens is 292 g/mol. The van der Waals surface area contributed by atoms with E-state index >= 15 is 0 Å². The van der Waals surface area contributed by atoms with E-state index in [1.54, 1.807) is 0 Å². The van der Waals surface area contributed by atoms with Crippen molar-refractivity contribution in [1.29, 1.82) is 0 Å². The van der Waals surface area contributed by atoms with Gasteiger partial charge in [0.2, 0.25) is 11.8 Å². The normalized spacial score (nSPS) is 22.7. The van der Waals surface area contributed by atoms with Crippen LogP contribution in [0.2, 0.25) is 0 Å². The Kier molecular flexibility index (Phi) is 9.22. The highest BCUT2D eigenvalue weighted by Crippen LogP contribution is 2.28. The van der Waals surface area contributed by atoms with Crippen LogP contribution >= 0.6 is 0 Å². The predicted molar refractivity (Wildman–Crippen MR) is 92.0 cm³/mol. The molecule has 0 bridgehead atoms. The highest BCUT2D eigenvalue weighted by atomic mass is 16.5. The first-order valence-electron chi connectivity index (χ1n) is 9.11. The van der Waals surface area contributed by atoms with Gasteiger partial charge in [0.15, 0.2) is 0 Å². The zero-order valence-corrected chi connectivity index (χ0v) is 15.2. The minimum atomic E-state index is -0.450. The van der Waals surface area contributed by atoms with Crippen molar-refractivity contribution in [2.45, 2.75) is 65.8 Å². The third-order valence-corrected chi connectivity index (χ3v) is 4.60. The molecule has 1 rings (SSSR count). The summed E-state index contributed by atoms with van der Waals surface area (Å²) in [5.41, 5.74) is 0. The van der Waals surface area contributed by atoms with E-state index in [1.165, 1.54) is 0 Å². The fraction of sp³-hybridized carbons (Fsp3) is 0.889. The molecule has 1 aliphatic rings. The van der Waals surface area contributed by atoms with Crippen molar-refractivity contribution >= 4 is 11.8 Å². The number of ether oxygens (including phenoxy) is 1. The highest BCUT2D eigenvalue weighted by molar-refractivity contribution is 5.88. The van der Waals surface area contributed by atoms with Crippen LogP contribution in [0.4, 0.5) is 0 Å². The minimum Gasteiger partial charge on any atom is -0.382 e. The van der Waals surface area contributed by atoms with Crippen molar-refractivity contribution in [3.8, 4) is 0 Å². The lowest BCUT2D eigenvalue weighted by Crippen LogP contribution is -2.51. The average Bonchev–Trinajstić information content (AvgIpc) is 2.52. The van der Waals surface area contributed by atoms with Crippen molar-refractivity contribution in [2.75, 3.05) is 19.8 Å². The molecule has 0 saturated heterocycles. The van der Waals surface area contributed by atoms with E-state index in [9.17, 15) is 9.59 Å². The first-order chi connectivity index (χ1) is 11.0. The van der Waals surface area contributed by atoms with Crippen LogP contribution in [0.3, 0.4) is 0 Å². The van der Waals surface area contributed by atoms with E-state index in [0.717, 1.165) is 32.1 Å². The van der Waals surface area contributed by atoms with Gasteiger partial charge in [-0.3, -0.25) is 9.59 Å². The van der Waals surface area contributed by atoms with E-state index in [0.29, 0.717) is 25.7 Å². The van der Waals surface area contributed by atoms with E-state index in [2.05, 4.69) is 17.6 Å². The van der Waals surface area contributed by atoms with Crippen molar-refractivity contribution in [3.63, 3.8) is 0 Å². The van der Waals surface area contributed by atoms with Gasteiger partial charge in [0.25, 0.3) is 0 Å². The van der Waals surface area contributed by atoms with Gasteiger partial charge in [-0.15, -0.1) is 0 Å². The molecule has 1 aliphatic carbocycles. The first-order valence-corrected chi connectivity index (χ1v) is 9.11. The van der Waals surface area contributed by atoms with Crippen molar-refractivity contribution in [3.05, 3.63) is 0 Å². The molecule has 5 nitrogen and oxygen atoms in total. The second kappa shape index (κ2) is 10.6. The molecule has 134 valence electrons. The largest absolute Gasteiger partial charge is 0.382 e. The number of hydrogen-bond donors (Lipinski definition) is 2. The van der Waals surface area contributed by atoms with Crippen LogP contribution in [0.15, 0.2) is 0 Å². The number of carbonyl (C=O) groups excluding carboxylic acids is 2. The molecule has 1 atom stereocenters. The molecule has 0 spiro atoms. The molecule has 0 aromatic carbocycles. The van der Waals surface area contributed by atoms with Crippen molar-refractivity contribution in [2.24, 2.45) is 17.8 Å². The lowest BCUT2D eigenvalue weighted by atomic mass is 9.82. The fourth-order valence-corrected chi connectivity index (χ4v) is 2.97. The van der Waals surface area contributed by atoms with Gasteiger partial charge >= 0.3 is 0 Å². The Labute approximate surface area is 140 Å². The van der Waals surface area contributed by atoms with Crippen molar-refractivity contribution < 1.29 is 14.3 Å². The summed E-state index contributed by atoms with van der Waals surface area (Å²) in [5.74, 6) is 0.814. The lowest BCUT2D eigenvalue weighted by Gasteiger charge is -2.28. The Balaban J connectivity index is 2.41. The smallest absolute Gasteiger partial charge is 0.242 e. The molecule has 23 heavy (non-hydrogen) atoms. The molecule has 2 amide bonds. The summed E-state index contributed by atoms with van der Waals surface area (Å²) in [6.07, 6.45) is 4.88. The Bertz CT molecular complexity index is 363. The molecule has 0 radical (unpaired) electrons. The van der Waals surface area contributed by atoms with Crippen LogP contribution < -0.4 is 10.6 Å². The second-order valence-electron chi connectivity index (χ2n) is 7.03. The zero-order valence-electron chi connectivity index (χ0n) is 15.2. The topological polar surface area (TPSA) is 67.4 Å². The van der Waals surface area contributed by atoms with Crippen LogP contribution in [0, 0.1) is 17.8 Å². The van der Waals surface area contributed by atoms with Gasteiger partial charge in [-0.1, -0.05) is 20.8 Å². The maximum Gasteiger partial charge on any atom is 0.242 e. The molecule has 5 heteroatoms. The Morgan fingerprint density at radius 2 is 1.83 bits per heavy atom. The average molecular weight is 326 g/mol. The van der Waals surface area contributed by atoms with Crippen molar-refractivity contribution in [1.82, 2.24) is 10.6 Å². The Morgan fingerprint density at radius 3 is 2.39 bits per heavy atom. The summed E-state index contributed by atoms with van der Waals surface area (Å²) < 4.78 is 5.25. The SMILES string of the molecule is CCOCCCNC(=O)C(NC(=O)C1CCC(C)CC1)C(C)C. The molecule has 0 aromatic heterocycles. The summed E-state index contributed by atoms with van der Waals surface area (Å²) in [7, 11) is 0. The second-order valence-corrected chi connectivity index (χ2v) is 7.03. The van der Waals surface area contributed by atoms with Gasteiger partial charge in [-0.2, -0.15) is 0 Å². The molecule has 2 N–H and O–H groups in total. The number of carbonyl (C=O) groups is 2. The lowest BCUT2D eigenvalue weighted by molar-refractivity contribution is -0.132. The fourth-order valence-electron chi connectivity index (χ4n) is 2.97. The first kappa shape index (κ1) is 19.9. The molecule has 1 saturated carbocycles. The quantitative estimate of drug-likeness (QED) is 0.640. The molecule has 0 aromatic rings. The Hall–Kier alpha value is -1.10. The van der Waals surface area contributed by atoms with Gasteiger partial charge in [0, 0.05) is 25.7 Å². The van der Waals surface area contributed by atoms with Gasteiger partial charge in [-0.25, -0.2) is 0 Å². The third-order valence-electron chi connectivity index (χ3n) is 4.60. The number of rotatable bonds is 9. The Morgan fingerprint density at radius 1 is 1.17 bits per heavy atom. The summed E-state index contributed by atoms with van der Waals surface area (Å²) in [6, 6.07) is -0.450. The highest BCUT2D eigenvalue weighted by Gasteiger charge is 2.29. The summed E-state index contributed by atoms with van der Waals surface area (Å²) in [4.78, 5) is 24.7. The van der Waals surface area contributed by atoms with Gasteiger partial charge < -0.3 is 15.4 Å². The maximum absolute atomic E-state index is 12.4. The summed E-state index contributed by atoms with van der Waals surface area (Å²) >= 11 is 0. The molecule has 0 aliphatic heterocycles.